The van der Waals surface area contributed by atoms with E-state index in [9.17, 15) is 14.4 Å². The second-order valence-electron chi connectivity index (χ2n) is 7.33. The zero-order valence-corrected chi connectivity index (χ0v) is 17.4. The molecule has 2 aliphatic heterocycles. The van der Waals surface area contributed by atoms with E-state index < -0.39 is 6.10 Å². The zero-order chi connectivity index (χ0) is 21.4. The number of hydrogen-bond donors (Lipinski definition) is 0. The number of thiophene rings is 1. The van der Waals surface area contributed by atoms with Gasteiger partial charge in [-0.3, -0.25) is 19.0 Å². The average molecular weight is 440 g/mol. The van der Waals surface area contributed by atoms with Gasteiger partial charge in [0, 0.05) is 13.1 Å². The molecule has 0 radical (unpaired) electrons. The van der Waals surface area contributed by atoms with Gasteiger partial charge >= 0.3 is 0 Å². The molecule has 4 heterocycles. The van der Waals surface area contributed by atoms with E-state index in [1.54, 1.807) is 40.6 Å². The summed E-state index contributed by atoms with van der Waals surface area (Å²) in [5.41, 5.74) is 0.318. The molecule has 5 rings (SSSR count). The largest absolute Gasteiger partial charge is 0.476 e. The molecule has 0 saturated carbocycles. The van der Waals surface area contributed by atoms with Crippen LogP contribution in [-0.2, 0) is 20.9 Å². The first-order valence-corrected chi connectivity index (χ1v) is 10.8. The number of aromatic nitrogens is 2. The average Bonchev–Trinajstić information content (AvgIpc) is 3.30. The molecule has 2 amide bonds. The summed E-state index contributed by atoms with van der Waals surface area (Å²) in [6.45, 7) is 1.86. The highest BCUT2D eigenvalue weighted by molar-refractivity contribution is 7.16. The van der Waals surface area contributed by atoms with Crippen LogP contribution in [0.3, 0.4) is 0 Å². The number of rotatable bonds is 3. The molecule has 0 aliphatic carbocycles. The van der Waals surface area contributed by atoms with Crippen molar-refractivity contribution in [3.8, 4) is 5.75 Å². The van der Waals surface area contributed by atoms with Crippen LogP contribution in [0, 0.1) is 0 Å². The van der Waals surface area contributed by atoms with Crippen molar-refractivity contribution < 1.29 is 19.1 Å². The highest BCUT2D eigenvalue weighted by Crippen LogP contribution is 2.33. The van der Waals surface area contributed by atoms with Gasteiger partial charge in [-0.2, -0.15) is 0 Å². The lowest BCUT2D eigenvalue weighted by atomic mass is 10.1. The Kier molecular flexibility index (Phi) is 5.16. The minimum absolute atomic E-state index is 0.0783. The fraction of sp³-hybridized carbons (Fsp3) is 0.333. The molecule has 3 aromatic rings. The highest BCUT2D eigenvalue weighted by Gasteiger charge is 2.36. The summed E-state index contributed by atoms with van der Waals surface area (Å²) < 4.78 is 12.6. The van der Waals surface area contributed by atoms with Gasteiger partial charge < -0.3 is 19.3 Å². The van der Waals surface area contributed by atoms with Crippen molar-refractivity contribution in [2.45, 2.75) is 12.6 Å². The third-order valence-corrected chi connectivity index (χ3v) is 6.25. The van der Waals surface area contributed by atoms with Crippen LogP contribution in [-0.4, -0.2) is 65.2 Å². The van der Waals surface area contributed by atoms with Gasteiger partial charge in [0.15, 0.2) is 6.10 Å². The predicted molar refractivity (Wildman–Crippen MR) is 114 cm³/mol. The molecule has 0 spiro atoms. The Morgan fingerprint density at radius 2 is 1.97 bits per heavy atom. The van der Waals surface area contributed by atoms with E-state index in [0.717, 1.165) is 0 Å². The summed E-state index contributed by atoms with van der Waals surface area (Å²) in [6.07, 6.45) is 0.577. The van der Waals surface area contributed by atoms with E-state index >= 15 is 0 Å². The Hall–Kier alpha value is -3.24. The Morgan fingerprint density at radius 3 is 2.81 bits per heavy atom. The number of carbonyl (C=O) groups excluding carboxylic acids is 2. The highest BCUT2D eigenvalue weighted by atomic mass is 32.1. The summed E-state index contributed by atoms with van der Waals surface area (Å²) in [4.78, 5) is 47.1. The van der Waals surface area contributed by atoms with Crippen LogP contribution in [0.5, 0.6) is 5.75 Å². The number of carbonyl (C=O) groups is 2. The van der Waals surface area contributed by atoms with Crippen molar-refractivity contribution in [3.05, 3.63) is 52.4 Å². The van der Waals surface area contributed by atoms with Gasteiger partial charge in [0.25, 0.3) is 11.5 Å². The normalized spacial score (nSPS) is 18.5. The molecule has 1 fully saturated rings. The summed E-state index contributed by atoms with van der Waals surface area (Å²) >= 11 is 1.38. The Morgan fingerprint density at radius 1 is 1.16 bits per heavy atom. The predicted octanol–water partition coefficient (Wildman–Crippen LogP) is 1.11. The molecule has 1 aromatic carbocycles. The first-order chi connectivity index (χ1) is 15.1. The molecule has 10 heteroatoms. The zero-order valence-electron chi connectivity index (χ0n) is 16.6. The SMILES string of the molecule is O=C(C1CN(C(=O)Cn2cnc3sccc3c2=O)c2ccccc2O1)N1CCOCC1. The van der Waals surface area contributed by atoms with Crippen molar-refractivity contribution in [1.29, 1.82) is 0 Å². The molecule has 1 unspecified atom stereocenters. The van der Waals surface area contributed by atoms with Crippen LogP contribution in [0.1, 0.15) is 0 Å². The van der Waals surface area contributed by atoms with Crippen molar-refractivity contribution >= 4 is 39.1 Å². The topological polar surface area (TPSA) is 94.0 Å². The third-order valence-electron chi connectivity index (χ3n) is 5.43. The van der Waals surface area contributed by atoms with Gasteiger partial charge in [-0.15, -0.1) is 11.3 Å². The third kappa shape index (κ3) is 3.68. The molecule has 2 aliphatic rings. The Labute approximate surface area is 181 Å². The van der Waals surface area contributed by atoms with Crippen LogP contribution in [0.25, 0.3) is 10.2 Å². The maximum absolute atomic E-state index is 13.2. The maximum atomic E-state index is 13.2. The van der Waals surface area contributed by atoms with Crippen LogP contribution in [0.2, 0.25) is 0 Å². The van der Waals surface area contributed by atoms with Gasteiger partial charge in [-0.1, -0.05) is 12.1 Å². The van der Waals surface area contributed by atoms with E-state index in [2.05, 4.69) is 4.98 Å². The standard InChI is InChI=1S/C21H20N4O5S/c26-18(12-24-13-22-19-14(20(24)27)5-10-31-19)25-11-17(21(28)23-6-8-29-9-7-23)30-16-4-2-1-3-15(16)25/h1-5,10,13,17H,6-9,11-12H2. The number of amides is 2. The van der Waals surface area contributed by atoms with Gasteiger partial charge in [0.05, 0.1) is 37.2 Å². The maximum Gasteiger partial charge on any atom is 0.265 e. The number of anilines is 1. The van der Waals surface area contributed by atoms with Crippen LogP contribution >= 0.6 is 11.3 Å². The first-order valence-electron chi connectivity index (χ1n) is 9.97. The minimum Gasteiger partial charge on any atom is -0.476 e. The molecule has 160 valence electrons. The summed E-state index contributed by atoms with van der Waals surface area (Å²) in [6, 6.07) is 8.81. The molecule has 1 atom stereocenters. The monoisotopic (exact) mass is 440 g/mol. The van der Waals surface area contributed by atoms with Gasteiger partial charge in [-0.25, -0.2) is 4.98 Å². The molecular weight excluding hydrogens is 420 g/mol. The lowest BCUT2D eigenvalue weighted by Crippen LogP contribution is -2.54. The van der Waals surface area contributed by atoms with Crippen molar-refractivity contribution in [2.24, 2.45) is 0 Å². The summed E-state index contributed by atoms with van der Waals surface area (Å²) in [5.74, 6) is -0.0180. The lowest BCUT2D eigenvalue weighted by molar-refractivity contribution is -0.142. The van der Waals surface area contributed by atoms with Gasteiger partial charge in [-0.05, 0) is 23.6 Å². The van der Waals surface area contributed by atoms with Gasteiger partial charge in [0.2, 0.25) is 5.91 Å². The number of para-hydroxylation sites is 2. The van der Waals surface area contributed by atoms with E-state index in [-0.39, 0.29) is 30.5 Å². The molecule has 0 bridgehead atoms. The van der Waals surface area contributed by atoms with Crippen molar-refractivity contribution in [1.82, 2.24) is 14.5 Å². The molecular formula is C21H20N4O5S. The second kappa shape index (κ2) is 8.12. The molecule has 1 saturated heterocycles. The number of fused-ring (bicyclic) bond motifs is 2. The molecule has 0 N–H and O–H groups in total. The molecule has 2 aromatic heterocycles. The number of benzene rings is 1. The summed E-state index contributed by atoms with van der Waals surface area (Å²) in [5, 5.41) is 2.29. The van der Waals surface area contributed by atoms with Crippen LogP contribution in [0.15, 0.2) is 46.8 Å². The number of hydrogen-bond acceptors (Lipinski definition) is 7. The van der Waals surface area contributed by atoms with E-state index in [4.69, 9.17) is 9.47 Å². The van der Waals surface area contributed by atoms with Crippen LogP contribution < -0.4 is 15.2 Å². The quantitative estimate of drug-likeness (QED) is 0.606. The van der Waals surface area contributed by atoms with E-state index in [1.165, 1.54) is 27.1 Å². The second-order valence-corrected chi connectivity index (χ2v) is 8.23. The summed E-state index contributed by atoms with van der Waals surface area (Å²) in [7, 11) is 0. The molecule has 9 nitrogen and oxygen atoms in total. The smallest absolute Gasteiger partial charge is 0.265 e. The number of nitrogens with zero attached hydrogens (tertiary/aromatic N) is 4. The fourth-order valence-electron chi connectivity index (χ4n) is 3.82. The number of ether oxygens (including phenoxy) is 2. The minimum atomic E-state index is -0.814. The molecule has 31 heavy (non-hydrogen) atoms. The van der Waals surface area contributed by atoms with Crippen molar-refractivity contribution in [2.75, 3.05) is 37.7 Å². The van der Waals surface area contributed by atoms with E-state index in [1.807, 2.05) is 0 Å². The Bertz CT molecular complexity index is 1200. The Balaban J connectivity index is 1.42. The lowest BCUT2D eigenvalue weighted by Gasteiger charge is -2.37. The fourth-order valence-corrected chi connectivity index (χ4v) is 4.55. The number of morpholine rings is 1. The van der Waals surface area contributed by atoms with Crippen LogP contribution in [0.4, 0.5) is 5.69 Å². The first kappa shape index (κ1) is 19.7. The van der Waals surface area contributed by atoms with Gasteiger partial charge in [0.1, 0.15) is 17.1 Å². The van der Waals surface area contributed by atoms with Crippen molar-refractivity contribution in [3.63, 3.8) is 0 Å². The van der Waals surface area contributed by atoms with E-state index in [0.29, 0.717) is 48.0 Å².